The number of esters is 1. The molecular weight excluding hydrogens is 348 g/mol. The highest BCUT2D eigenvalue weighted by atomic mass is 16.5. The number of alkyl carbamates (subject to hydrolysis) is 1. The molecule has 0 spiro atoms. The highest BCUT2D eigenvalue weighted by Crippen LogP contribution is 2.24. The van der Waals surface area contributed by atoms with E-state index in [9.17, 15) is 9.59 Å². The summed E-state index contributed by atoms with van der Waals surface area (Å²) in [6, 6.07) is 9.10. The van der Waals surface area contributed by atoms with E-state index < -0.39 is 6.09 Å². The van der Waals surface area contributed by atoms with E-state index in [1.807, 2.05) is 30.3 Å². The van der Waals surface area contributed by atoms with Gasteiger partial charge in [0.2, 0.25) is 0 Å². The Morgan fingerprint density at radius 1 is 1.22 bits per heavy atom. The molecule has 1 unspecified atom stereocenters. The molecule has 1 amide bonds. The minimum absolute atomic E-state index is 0.190. The van der Waals surface area contributed by atoms with Gasteiger partial charge in [-0.25, -0.2) is 4.79 Å². The van der Waals surface area contributed by atoms with Crippen molar-refractivity contribution in [2.75, 3.05) is 7.11 Å². The van der Waals surface area contributed by atoms with Gasteiger partial charge in [-0.1, -0.05) is 49.3 Å². The van der Waals surface area contributed by atoms with E-state index in [0.29, 0.717) is 24.5 Å². The van der Waals surface area contributed by atoms with Crippen LogP contribution >= 0.6 is 0 Å². The predicted octanol–water partition coefficient (Wildman–Crippen LogP) is 3.79. The smallest absolute Gasteiger partial charge is 0.408 e. The van der Waals surface area contributed by atoms with Crippen LogP contribution in [0.1, 0.15) is 49.6 Å². The second-order valence-electron chi connectivity index (χ2n) is 6.69. The van der Waals surface area contributed by atoms with E-state index in [4.69, 9.17) is 9.26 Å². The van der Waals surface area contributed by atoms with Crippen LogP contribution in [-0.2, 0) is 27.3 Å². The van der Waals surface area contributed by atoms with Gasteiger partial charge in [-0.05, 0) is 24.3 Å². The lowest BCUT2D eigenvalue weighted by Gasteiger charge is -2.19. The van der Waals surface area contributed by atoms with E-state index >= 15 is 0 Å². The van der Waals surface area contributed by atoms with E-state index in [-0.39, 0.29) is 25.0 Å². The molecule has 1 atom stereocenters. The number of hydrogen-bond donors (Lipinski definition) is 1. The van der Waals surface area contributed by atoms with Crippen molar-refractivity contribution in [3.63, 3.8) is 0 Å². The van der Waals surface area contributed by atoms with Gasteiger partial charge in [0.15, 0.2) is 0 Å². The molecule has 1 aromatic heterocycles. The highest BCUT2D eigenvalue weighted by Gasteiger charge is 2.23. The summed E-state index contributed by atoms with van der Waals surface area (Å²) in [5, 5.41) is 6.91. The molecule has 0 saturated heterocycles. The number of ether oxygens (including phenoxy) is 2. The zero-order valence-corrected chi connectivity index (χ0v) is 15.9. The Bertz CT molecular complexity index is 727. The SMILES string of the molecule is COC(=O)CCc1conc1C(CC(C)C)NC(=O)OCc1ccccc1. The quantitative estimate of drug-likeness (QED) is 0.672. The van der Waals surface area contributed by atoms with Crippen molar-refractivity contribution in [2.45, 2.75) is 45.8 Å². The normalized spacial score (nSPS) is 11.9. The molecule has 2 rings (SSSR count). The van der Waals surface area contributed by atoms with Crippen molar-refractivity contribution in [1.29, 1.82) is 0 Å². The van der Waals surface area contributed by atoms with Gasteiger partial charge in [0, 0.05) is 12.0 Å². The Morgan fingerprint density at radius 3 is 2.63 bits per heavy atom. The molecule has 1 N–H and O–H groups in total. The molecule has 27 heavy (non-hydrogen) atoms. The van der Waals surface area contributed by atoms with Gasteiger partial charge in [-0.3, -0.25) is 4.79 Å². The van der Waals surface area contributed by atoms with Crippen LogP contribution in [0.4, 0.5) is 4.79 Å². The number of nitrogens with one attached hydrogen (secondary N) is 1. The summed E-state index contributed by atoms with van der Waals surface area (Å²) >= 11 is 0. The Balaban J connectivity index is 2.01. The first-order chi connectivity index (χ1) is 13.0. The largest absolute Gasteiger partial charge is 0.469 e. The molecule has 7 heteroatoms. The molecule has 0 fully saturated rings. The molecule has 1 heterocycles. The van der Waals surface area contributed by atoms with Gasteiger partial charge in [0.1, 0.15) is 18.6 Å². The zero-order chi connectivity index (χ0) is 19.6. The zero-order valence-electron chi connectivity index (χ0n) is 15.9. The summed E-state index contributed by atoms with van der Waals surface area (Å²) in [5.74, 6) is 0.00682. The van der Waals surface area contributed by atoms with Crippen molar-refractivity contribution in [1.82, 2.24) is 10.5 Å². The first kappa shape index (κ1) is 20.5. The van der Waals surface area contributed by atoms with Gasteiger partial charge in [0.25, 0.3) is 0 Å². The molecule has 0 radical (unpaired) electrons. The fraction of sp³-hybridized carbons (Fsp3) is 0.450. The first-order valence-corrected chi connectivity index (χ1v) is 8.96. The third-order valence-corrected chi connectivity index (χ3v) is 4.04. The molecule has 0 bridgehead atoms. The minimum atomic E-state index is -0.522. The van der Waals surface area contributed by atoms with Gasteiger partial charge in [0.05, 0.1) is 13.2 Å². The maximum atomic E-state index is 12.3. The van der Waals surface area contributed by atoms with Crippen LogP contribution in [0, 0.1) is 5.92 Å². The van der Waals surface area contributed by atoms with Crippen LogP contribution in [0.25, 0.3) is 0 Å². The number of benzene rings is 1. The third-order valence-electron chi connectivity index (χ3n) is 4.04. The second kappa shape index (κ2) is 10.4. The number of amides is 1. The Hall–Kier alpha value is -2.83. The summed E-state index contributed by atoms with van der Waals surface area (Å²) in [6.07, 6.45) is 2.30. The summed E-state index contributed by atoms with van der Waals surface area (Å²) in [7, 11) is 1.35. The number of aromatic nitrogens is 1. The van der Waals surface area contributed by atoms with Crippen LogP contribution in [0.5, 0.6) is 0 Å². The fourth-order valence-corrected chi connectivity index (χ4v) is 2.70. The topological polar surface area (TPSA) is 90.7 Å². The lowest BCUT2D eigenvalue weighted by molar-refractivity contribution is -0.140. The molecule has 0 saturated carbocycles. The van der Waals surface area contributed by atoms with Gasteiger partial charge in [-0.15, -0.1) is 0 Å². The second-order valence-corrected chi connectivity index (χ2v) is 6.69. The third kappa shape index (κ3) is 6.77. The van der Waals surface area contributed by atoms with Crippen LogP contribution < -0.4 is 5.32 Å². The van der Waals surface area contributed by atoms with Crippen LogP contribution in [-0.4, -0.2) is 24.3 Å². The Morgan fingerprint density at radius 2 is 1.96 bits per heavy atom. The lowest BCUT2D eigenvalue weighted by Crippen LogP contribution is -2.31. The Kier molecular flexibility index (Phi) is 7.85. The number of methoxy groups -OCH3 is 1. The van der Waals surface area contributed by atoms with Crippen molar-refractivity contribution in [3.8, 4) is 0 Å². The van der Waals surface area contributed by atoms with Gasteiger partial charge in [-0.2, -0.15) is 0 Å². The number of hydrogen-bond acceptors (Lipinski definition) is 6. The van der Waals surface area contributed by atoms with Crippen molar-refractivity contribution < 1.29 is 23.6 Å². The molecule has 0 aliphatic rings. The number of nitrogens with zero attached hydrogens (tertiary/aromatic N) is 1. The van der Waals surface area contributed by atoms with E-state index in [2.05, 4.69) is 29.1 Å². The molecule has 2 aromatic rings. The minimum Gasteiger partial charge on any atom is -0.469 e. The standard InChI is InChI=1S/C20H26N2O5/c1-14(2)11-17(19-16(13-27-22-19)9-10-18(23)25-3)21-20(24)26-12-15-7-5-4-6-8-15/h4-8,13-14,17H,9-12H2,1-3H3,(H,21,24). The molecular formula is C20H26N2O5. The summed E-state index contributed by atoms with van der Waals surface area (Å²) in [6.45, 7) is 4.30. The lowest BCUT2D eigenvalue weighted by atomic mass is 9.97. The molecule has 1 aromatic carbocycles. The van der Waals surface area contributed by atoms with Gasteiger partial charge >= 0.3 is 12.1 Å². The monoisotopic (exact) mass is 374 g/mol. The summed E-state index contributed by atoms with van der Waals surface area (Å²) < 4.78 is 15.1. The first-order valence-electron chi connectivity index (χ1n) is 8.96. The fourth-order valence-electron chi connectivity index (χ4n) is 2.70. The maximum absolute atomic E-state index is 12.3. The number of rotatable bonds is 9. The predicted molar refractivity (Wildman–Crippen MR) is 98.8 cm³/mol. The summed E-state index contributed by atoms with van der Waals surface area (Å²) in [4.78, 5) is 23.7. The van der Waals surface area contributed by atoms with Gasteiger partial charge < -0.3 is 19.3 Å². The van der Waals surface area contributed by atoms with Crippen molar-refractivity contribution in [3.05, 3.63) is 53.4 Å². The average Bonchev–Trinajstić information content (AvgIpc) is 3.13. The Labute approximate surface area is 159 Å². The molecule has 7 nitrogen and oxygen atoms in total. The number of aryl methyl sites for hydroxylation is 1. The highest BCUT2D eigenvalue weighted by molar-refractivity contribution is 5.69. The van der Waals surface area contributed by atoms with Crippen molar-refractivity contribution >= 4 is 12.1 Å². The van der Waals surface area contributed by atoms with Crippen LogP contribution in [0.3, 0.4) is 0 Å². The molecule has 146 valence electrons. The van der Waals surface area contributed by atoms with E-state index in [1.165, 1.54) is 13.4 Å². The van der Waals surface area contributed by atoms with Crippen molar-refractivity contribution in [2.24, 2.45) is 5.92 Å². The van der Waals surface area contributed by atoms with Crippen LogP contribution in [0.15, 0.2) is 41.1 Å². The van der Waals surface area contributed by atoms with Crippen LogP contribution in [0.2, 0.25) is 0 Å². The van der Waals surface area contributed by atoms with E-state index in [1.54, 1.807) is 0 Å². The summed E-state index contributed by atoms with van der Waals surface area (Å²) in [5.41, 5.74) is 2.30. The number of carbonyl (C=O) groups excluding carboxylic acids is 2. The molecule has 0 aliphatic heterocycles. The number of carbonyl (C=O) groups is 2. The average molecular weight is 374 g/mol. The maximum Gasteiger partial charge on any atom is 0.408 e. The molecule has 0 aliphatic carbocycles. The van der Waals surface area contributed by atoms with E-state index in [0.717, 1.165) is 11.1 Å².